The lowest BCUT2D eigenvalue weighted by Crippen LogP contribution is -2.27. The van der Waals surface area contributed by atoms with Crippen molar-refractivity contribution in [2.45, 2.75) is 30.2 Å². The normalized spacial score (nSPS) is 15.1. The highest BCUT2D eigenvalue weighted by molar-refractivity contribution is 8.13. The number of aromatic nitrogens is 4. The molecular weight excluding hydrogens is 364 g/mol. The van der Waals surface area contributed by atoms with E-state index in [4.69, 9.17) is 10.7 Å². The Balaban J connectivity index is 1.62. The van der Waals surface area contributed by atoms with Crippen molar-refractivity contribution in [3.8, 4) is 0 Å². The maximum absolute atomic E-state index is 11.3. The van der Waals surface area contributed by atoms with Gasteiger partial charge in [-0.25, -0.2) is 13.4 Å². The molecule has 10 heteroatoms. The third-order valence-corrected chi connectivity index (χ3v) is 5.49. The summed E-state index contributed by atoms with van der Waals surface area (Å²) in [5.41, 5.74) is 1.97. The van der Waals surface area contributed by atoms with Crippen molar-refractivity contribution in [2.75, 3.05) is 10.6 Å². The molecule has 0 saturated heterocycles. The van der Waals surface area contributed by atoms with Crippen LogP contribution in [0.1, 0.15) is 19.3 Å². The second-order valence-electron chi connectivity index (χ2n) is 5.86. The summed E-state index contributed by atoms with van der Waals surface area (Å²) < 4.78 is 22.6. The van der Waals surface area contributed by atoms with Crippen molar-refractivity contribution in [3.63, 3.8) is 0 Å². The van der Waals surface area contributed by atoms with Crippen LogP contribution < -0.4 is 10.6 Å². The summed E-state index contributed by atoms with van der Waals surface area (Å²) in [7, 11) is 1.58. The van der Waals surface area contributed by atoms with Crippen LogP contribution in [0.4, 0.5) is 17.5 Å². The summed E-state index contributed by atoms with van der Waals surface area (Å²) in [6, 6.07) is 6.47. The molecule has 1 aromatic carbocycles. The molecule has 1 fully saturated rings. The van der Waals surface area contributed by atoms with Crippen LogP contribution in [0.2, 0.25) is 0 Å². The van der Waals surface area contributed by atoms with Crippen molar-refractivity contribution in [1.82, 2.24) is 19.9 Å². The molecule has 0 atom stereocenters. The van der Waals surface area contributed by atoms with Crippen LogP contribution in [0.15, 0.2) is 35.5 Å². The fraction of sp³-hybridized carbons (Fsp3) is 0.267. The molecular formula is C15H15ClN6O2S. The van der Waals surface area contributed by atoms with Gasteiger partial charge in [-0.05, 0) is 43.5 Å². The predicted molar refractivity (Wildman–Crippen MR) is 95.7 cm³/mol. The summed E-state index contributed by atoms with van der Waals surface area (Å²) in [6.45, 7) is 0. The van der Waals surface area contributed by atoms with Crippen molar-refractivity contribution < 1.29 is 8.42 Å². The maximum Gasteiger partial charge on any atom is 0.261 e. The van der Waals surface area contributed by atoms with Gasteiger partial charge in [-0.1, -0.05) is 0 Å². The number of aromatic amines is 1. The SMILES string of the molecule is O=S(=O)(Cl)c1ccc(Nc2nc(NC3CCC3)c3[nH]cnc3n2)cc1. The average molecular weight is 379 g/mol. The molecule has 0 amide bonds. The molecule has 0 radical (unpaired) electrons. The van der Waals surface area contributed by atoms with Crippen LogP contribution in [0.5, 0.6) is 0 Å². The van der Waals surface area contributed by atoms with E-state index in [2.05, 4.69) is 30.6 Å². The Kier molecular flexibility index (Phi) is 3.97. The van der Waals surface area contributed by atoms with E-state index in [1.807, 2.05) is 0 Å². The zero-order chi connectivity index (χ0) is 17.4. The van der Waals surface area contributed by atoms with Crippen molar-refractivity contribution in [2.24, 2.45) is 0 Å². The van der Waals surface area contributed by atoms with Gasteiger partial charge in [0.15, 0.2) is 11.5 Å². The second-order valence-corrected chi connectivity index (χ2v) is 8.42. The number of nitrogens with one attached hydrogen (secondary N) is 3. The third kappa shape index (κ3) is 3.38. The van der Waals surface area contributed by atoms with Crippen molar-refractivity contribution in [1.29, 1.82) is 0 Å². The lowest BCUT2D eigenvalue weighted by molar-refractivity contribution is 0.445. The molecule has 4 rings (SSSR count). The van der Waals surface area contributed by atoms with E-state index >= 15 is 0 Å². The van der Waals surface area contributed by atoms with Crippen LogP contribution in [0.3, 0.4) is 0 Å². The van der Waals surface area contributed by atoms with Crippen LogP contribution in [0, 0.1) is 0 Å². The quantitative estimate of drug-likeness (QED) is 0.585. The maximum atomic E-state index is 11.3. The molecule has 0 spiro atoms. The minimum absolute atomic E-state index is 0.0377. The number of hydrogen-bond donors (Lipinski definition) is 3. The van der Waals surface area contributed by atoms with E-state index in [1.165, 1.54) is 18.6 Å². The number of H-pyrrole nitrogens is 1. The van der Waals surface area contributed by atoms with Gasteiger partial charge >= 0.3 is 0 Å². The number of anilines is 3. The molecule has 0 unspecified atom stereocenters. The molecule has 2 heterocycles. The number of imidazole rings is 1. The van der Waals surface area contributed by atoms with Gasteiger partial charge in [0, 0.05) is 22.4 Å². The molecule has 8 nitrogen and oxygen atoms in total. The number of benzene rings is 1. The summed E-state index contributed by atoms with van der Waals surface area (Å²) in [4.78, 5) is 16.2. The van der Waals surface area contributed by atoms with Crippen LogP contribution in [-0.4, -0.2) is 34.4 Å². The average Bonchev–Trinajstić information content (AvgIpc) is 2.99. The number of halogens is 1. The lowest BCUT2D eigenvalue weighted by atomic mass is 9.93. The third-order valence-electron chi connectivity index (χ3n) is 4.12. The number of nitrogens with zero attached hydrogens (tertiary/aromatic N) is 3. The number of fused-ring (bicyclic) bond motifs is 1. The highest BCUT2D eigenvalue weighted by atomic mass is 35.7. The Morgan fingerprint density at radius 1 is 1.16 bits per heavy atom. The lowest BCUT2D eigenvalue weighted by Gasteiger charge is -2.27. The fourth-order valence-electron chi connectivity index (χ4n) is 2.57. The van der Waals surface area contributed by atoms with Gasteiger partial charge < -0.3 is 15.6 Å². The summed E-state index contributed by atoms with van der Waals surface area (Å²) in [6.07, 6.45) is 5.04. The van der Waals surface area contributed by atoms with Gasteiger partial charge in [0.05, 0.1) is 11.2 Å². The van der Waals surface area contributed by atoms with E-state index in [1.54, 1.807) is 18.5 Å². The van der Waals surface area contributed by atoms with Gasteiger partial charge in [-0.2, -0.15) is 9.97 Å². The predicted octanol–water partition coefficient (Wildman–Crippen LogP) is 2.99. The molecule has 1 aliphatic carbocycles. The van der Waals surface area contributed by atoms with E-state index in [0.717, 1.165) is 18.4 Å². The smallest absolute Gasteiger partial charge is 0.261 e. The number of hydrogen-bond acceptors (Lipinski definition) is 7. The van der Waals surface area contributed by atoms with Gasteiger partial charge in [0.25, 0.3) is 9.05 Å². The Bertz CT molecular complexity index is 1010. The minimum atomic E-state index is -3.74. The Morgan fingerprint density at radius 3 is 2.56 bits per heavy atom. The Hall–Kier alpha value is -2.39. The molecule has 3 N–H and O–H groups in total. The first-order valence-electron chi connectivity index (χ1n) is 7.78. The standard InChI is InChI=1S/C15H15ClN6O2S/c16-25(23,24)11-6-4-10(5-7-11)20-15-21-13-12(17-8-18-13)14(22-15)19-9-2-1-3-9/h4-9H,1-3H2,(H3,17,18,19,20,21,22). The zero-order valence-corrected chi connectivity index (χ0v) is 14.6. The van der Waals surface area contributed by atoms with E-state index in [9.17, 15) is 8.42 Å². The van der Waals surface area contributed by atoms with Crippen LogP contribution >= 0.6 is 10.7 Å². The van der Waals surface area contributed by atoms with Crippen molar-refractivity contribution in [3.05, 3.63) is 30.6 Å². The Labute approximate surface area is 148 Å². The summed E-state index contributed by atoms with van der Waals surface area (Å²) in [5.74, 6) is 1.08. The highest BCUT2D eigenvalue weighted by Crippen LogP contribution is 2.27. The highest BCUT2D eigenvalue weighted by Gasteiger charge is 2.20. The van der Waals surface area contributed by atoms with Crippen LogP contribution in [0.25, 0.3) is 11.2 Å². The fourth-order valence-corrected chi connectivity index (χ4v) is 3.34. The first kappa shape index (κ1) is 16.1. The number of rotatable bonds is 5. The molecule has 130 valence electrons. The first-order chi connectivity index (χ1) is 12.0. The molecule has 0 aliphatic heterocycles. The first-order valence-corrected chi connectivity index (χ1v) is 10.1. The second kappa shape index (κ2) is 6.16. The van der Waals surface area contributed by atoms with Gasteiger partial charge in [0.1, 0.15) is 5.52 Å². The molecule has 3 aromatic rings. The Morgan fingerprint density at radius 2 is 1.92 bits per heavy atom. The largest absolute Gasteiger partial charge is 0.365 e. The van der Waals surface area contributed by atoms with Gasteiger partial charge in [0.2, 0.25) is 5.95 Å². The minimum Gasteiger partial charge on any atom is -0.365 e. The summed E-state index contributed by atoms with van der Waals surface area (Å²) >= 11 is 0. The van der Waals surface area contributed by atoms with Gasteiger partial charge in [-0.3, -0.25) is 0 Å². The van der Waals surface area contributed by atoms with Crippen LogP contribution in [-0.2, 0) is 9.05 Å². The summed E-state index contributed by atoms with van der Waals surface area (Å²) in [5, 5.41) is 6.46. The van der Waals surface area contributed by atoms with Gasteiger partial charge in [-0.15, -0.1) is 0 Å². The molecule has 25 heavy (non-hydrogen) atoms. The van der Waals surface area contributed by atoms with E-state index in [-0.39, 0.29) is 4.90 Å². The van der Waals surface area contributed by atoms with Crippen molar-refractivity contribution >= 4 is 48.4 Å². The monoisotopic (exact) mass is 378 g/mol. The molecule has 1 aliphatic rings. The zero-order valence-electron chi connectivity index (χ0n) is 13.0. The molecule has 1 saturated carbocycles. The molecule has 2 aromatic heterocycles. The molecule has 0 bridgehead atoms. The topological polar surface area (TPSA) is 113 Å². The van der Waals surface area contributed by atoms with E-state index in [0.29, 0.717) is 29.1 Å². The van der Waals surface area contributed by atoms with E-state index < -0.39 is 9.05 Å².